The SMILES string of the molecule is O=C(NC1CCCCCC1Br)c1cc2ccc(F)cc2s1. The van der Waals surface area contributed by atoms with Gasteiger partial charge in [-0.15, -0.1) is 11.3 Å². The molecule has 1 N–H and O–H groups in total. The minimum atomic E-state index is -0.263. The summed E-state index contributed by atoms with van der Waals surface area (Å²) in [6, 6.07) is 6.65. The summed E-state index contributed by atoms with van der Waals surface area (Å²) in [5.41, 5.74) is 0. The lowest BCUT2D eigenvalue weighted by Gasteiger charge is -2.21. The van der Waals surface area contributed by atoms with E-state index in [1.54, 1.807) is 6.07 Å². The molecule has 21 heavy (non-hydrogen) atoms. The van der Waals surface area contributed by atoms with Gasteiger partial charge in [-0.25, -0.2) is 4.39 Å². The predicted octanol–water partition coefficient (Wildman–Crippen LogP) is 4.87. The van der Waals surface area contributed by atoms with Gasteiger partial charge in [0.2, 0.25) is 0 Å². The van der Waals surface area contributed by atoms with Gasteiger partial charge < -0.3 is 5.32 Å². The van der Waals surface area contributed by atoms with Crippen LogP contribution < -0.4 is 5.32 Å². The number of carbonyl (C=O) groups is 1. The van der Waals surface area contributed by atoms with Crippen LogP contribution in [-0.4, -0.2) is 16.8 Å². The zero-order chi connectivity index (χ0) is 14.8. The summed E-state index contributed by atoms with van der Waals surface area (Å²) in [7, 11) is 0. The second kappa shape index (κ2) is 6.44. The third-order valence-corrected chi connectivity index (χ3v) is 6.15. The van der Waals surface area contributed by atoms with Gasteiger partial charge in [0, 0.05) is 15.6 Å². The van der Waals surface area contributed by atoms with Crippen LogP contribution in [0.15, 0.2) is 24.3 Å². The molecule has 1 aliphatic carbocycles. The minimum Gasteiger partial charge on any atom is -0.347 e. The first-order valence-corrected chi connectivity index (χ1v) is 9.01. The van der Waals surface area contributed by atoms with E-state index in [2.05, 4.69) is 21.2 Å². The standard InChI is InChI=1S/C16H17BrFNOS/c17-12-4-2-1-3-5-13(12)19-16(20)15-8-10-6-7-11(18)9-14(10)21-15/h6-9,12-13H,1-5H2,(H,19,20). The average Bonchev–Trinajstić information content (AvgIpc) is 2.78. The van der Waals surface area contributed by atoms with Gasteiger partial charge in [-0.05, 0) is 36.4 Å². The largest absolute Gasteiger partial charge is 0.347 e. The molecule has 2 aromatic rings. The fraction of sp³-hybridized carbons (Fsp3) is 0.438. The normalized spacial score (nSPS) is 23.0. The van der Waals surface area contributed by atoms with Crippen molar-refractivity contribution < 1.29 is 9.18 Å². The predicted molar refractivity (Wildman–Crippen MR) is 88.8 cm³/mol. The number of rotatable bonds is 2. The van der Waals surface area contributed by atoms with Crippen LogP contribution in [0.5, 0.6) is 0 Å². The fourth-order valence-corrected chi connectivity index (χ4v) is 4.49. The lowest BCUT2D eigenvalue weighted by atomic mass is 10.1. The van der Waals surface area contributed by atoms with Crippen LogP contribution in [-0.2, 0) is 0 Å². The monoisotopic (exact) mass is 369 g/mol. The van der Waals surface area contributed by atoms with Crippen molar-refractivity contribution >= 4 is 43.3 Å². The summed E-state index contributed by atoms with van der Waals surface area (Å²) < 4.78 is 14.0. The van der Waals surface area contributed by atoms with Crippen molar-refractivity contribution in [3.05, 3.63) is 35.0 Å². The number of hydrogen-bond donors (Lipinski definition) is 1. The van der Waals surface area contributed by atoms with Crippen LogP contribution in [0.4, 0.5) is 4.39 Å². The number of nitrogens with one attached hydrogen (secondary N) is 1. The van der Waals surface area contributed by atoms with Crippen LogP contribution in [0.1, 0.15) is 41.8 Å². The second-order valence-corrected chi connectivity index (χ2v) is 7.79. The van der Waals surface area contributed by atoms with Gasteiger partial charge in [0.1, 0.15) is 5.82 Å². The van der Waals surface area contributed by atoms with Crippen LogP contribution in [0.3, 0.4) is 0 Å². The molecule has 3 rings (SSSR count). The second-order valence-electron chi connectivity index (χ2n) is 5.53. The molecule has 1 amide bonds. The van der Waals surface area contributed by atoms with Crippen molar-refractivity contribution in [3.63, 3.8) is 0 Å². The molecule has 0 spiro atoms. The zero-order valence-corrected chi connectivity index (χ0v) is 14.0. The van der Waals surface area contributed by atoms with E-state index in [-0.39, 0.29) is 17.8 Å². The lowest BCUT2D eigenvalue weighted by Crippen LogP contribution is -2.39. The smallest absolute Gasteiger partial charge is 0.261 e. The Morgan fingerprint density at radius 2 is 2.05 bits per heavy atom. The zero-order valence-electron chi connectivity index (χ0n) is 11.6. The van der Waals surface area contributed by atoms with Gasteiger partial charge in [0.25, 0.3) is 5.91 Å². The Labute approximate surface area is 135 Å². The number of hydrogen-bond acceptors (Lipinski definition) is 2. The molecular weight excluding hydrogens is 353 g/mol. The maximum absolute atomic E-state index is 13.2. The highest BCUT2D eigenvalue weighted by Crippen LogP contribution is 2.28. The van der Waals surface area contributed by atoms with E-state index in [1.165, 1.54) is 36.3 Å². The molecule has 5 heteroatoms. The molecule has 0 aliphatic heterocycles. The van der Waals surface area contributed by atoms with Crippen molar-refractivity contribution in [2.24, 2.45) is 0 Å². The van der Waals surface area contributed by atoms with Crippen LogP contribution in [0, 0.1) is 5.82 Å². The summed E-state index contributed by atoms with van der Waals surface area (Å²) in [6.07, 6.45) is 5.72. The van der Waals surface area contributed by atoms with Gasteiger partial charge in [0.15, 0.2) is 0 Å². The first-order chi connectivity index (χ1) is 10.1. The first-order valence-electron chi connectivity index (χ1n) is 7.27. The van der Waals surface area contributed by atoms with E-state index in [9.17, 15) is 9.18 Å². The molecule has 0 saturated heterocycles. The van der Waals surface area contributed by atoms with Gasteiger partial charge in [-0.3, -0.25) is 4.79 Å². The number of alkyl halides is 1. The first kappa shape index (κ1) is 15.0. The average molecular weight is 370 g/mol. The molecule has 1 fully saturated rings. The maximum atomic E-state index is 13.2. The van der Waals surface area contributed by atoms with Crippen LogP contribution in [0.25, 0.3) is 10.1 Å². The van der Waals surface area contributed by atoms with Crippen molar-refractivity contribution in [3.8, 4) is 0 Å². The molecule has 112 valence electrons. The van der Waals surface area contributed by atoms with Gasteiger partial charge in [-0.2, -0.15) is 0 Å². The molecule has 1 aromatic heterocycles. The highest BCUT2D eigenvalue weighted by molar-refractivity contribution is 9.09. The van der Waals surface area contributed by atoms with Crippen LogP contribution in [0.2, 0.25) is 0 Å². The summed E-state index contributed by atoms with van der Waals surface area (Å²) in [5.74, 6) is -0.312. The molecule has 1 saturated carbocycles. The van der Waals surface area contributed by atoms with Crippen molar-refractivity contribution in [1.82, 2.24) is 5.32 Å². The third kappa shape index (κ3) is 3.46. The van der Waals surface area contributed by atoms with E-state index in [4.69, 9.17) is 0 Å². The van der Waals surface area contributed by atoms with Crippen LogP contribution >= 0.6 is 27.3 Å². The quantitative estimate of drug-likeness (QED) is 0.593. The molecular formula is C16H17BrFNOS. The van der Waals surface area contributed by atoms with Crippen molar-refractivity contribution in [2.45, 2.75) is 43.0 Å². The summed E-state index contributed by atoms with van der Waals surface area (Å²) in [6.45, 7) is 0. The molecule has 2 atom stereocenters. The number of thiophene rings is 1. The Bertz CT molecular complexity index is 657. The summed E-state index contributed by atoms with van der Waals surface area (Å²) in [4.78, 5) is 13.4. The molecule has 1 heterocycles. The number of carbonyl (C=O) groups excluding carboxylic acids is 1. The number of benzene rings is 1. The molecule has 2 unspecified atom stereocenters. The van der Waals surface area contributed by atoms with Crippen molar-refractivity contribution in [2.75, 3.05) is 0 Å². The summed E-state index contributed by atoms with van der Waals surface area (Å²) >= 11 is 5.04. The Kier molecular flexibility index (Phi) is 4.60. The van der Waals surface area contributed by atoms with E-state index in [0.717, 1.165) is 29.3 Å². The minimum absolute atomic E-state index is 0.0482. The van der Waals surface area contributed by atoms with E-state index in [0.29, 0.717) is 9.70 Å². The molecule has 1 aromatic carbocycles. The van der Waals surface area contributed by atoms with Gasteiger partial charge in [0.05, 0.1) is 4.88 Å². The van der Waals surface area contributed by atoms with E-state index in [1.807, 2.05) is 6.07 Å². The lowest BCUT2D eigenvalue weighted by molar-refractivity contribution is 0.0939. The fourth-order valence-electron chi connectivity index (χ4n) is 2.78. The Morgan fingerprint density at radius 1 is 1.24 bits per heavy atom. The van der Waals surface area contributed by atoms with Gasteiger partial charge in [-0.1, -0.05) is 41.3 Å². The molecule has 0 bridgehead atoms. The Morgan fingerprint density at radius 3 is 2.90 bits per heavy atom. The Hall–Kier alpha value is -0.940. The maximum Gasteiger partial charge on any atom is 0.261 e. The highest BCUT2D eigenvalue weighted by Gasteiger charge is 2.24. The number of halogens is 2. The number of amides is 1. The topological polar surface area (TPSA) is 29.1 Å². The van der Waals surface area contributed by atoms with E-state index >= 15 is 0 Å². The van der Waals surface area contributed by atoms with E-state index < -0.39 is 0 Å². The molecule has 0 radical (unpaired) electrons. The van der Waals surface area contributed by atoms with Crippen molar-refractivity contribution in [1.29, 1.82) is 0 Å². The third-order valence-electron chi connectivity index (χ3n) is 3.95. The Balaban J connectivity index is 1.76. The molecule has 2 nitrogen and oxygen atoms in total. The van der Waals surface area contributed by atoms with Gasteiger partial charge >= 0.3 is 0 Å². The number of fused-ring (bicyclic) bond motifs is 1. The highest BCUT2D eigenvalue weighted by atomic mass is 79.9. The molecule has 1 aliphatic rings. The summed E-state index contributed by atoms with van der Waals surface area (Å²) in [5, 5.41) is 4.05.